The predicted octanol–water partition coefficient (Wildman–Crippen LogP) is 1.75. The lowest BCUT2D eigenvalue weighted by atomic mass is 9.91. The SMILES string of the molecule is CC1CNc2c(cccc2S(=O)(=O)N[C@@H](CCCN=C(N)N)C(=O)N2CC[C@@H](C)C[C@@H]2C(=O)NCCCCCC(=O)ON2C(=O)CCC2=O)C1.Cl.Cl. The maximum Gasteiger partial charge on any atom is 0.333 e. The Morgan fingerprint density at radius 3 is 2.44 bits per heavy atom. The minimum atomic E-state index is -4.16. The number of hydroxylamine groups is 2. The van der Waals surface area contributed by atoms with Crippen LogP contribution in [0.2, 0.25) is 0 Å². The number of nitrogens with one attached hydrogen (secondary N) is 3. The van der Waals surface area contributed by atoms with E-state index in [1.165, 1.54) is 11.0 Å². The number of carbonyl (C=O) groups is 5. The molecule has 1 aromatic carbocycles. The van der Waals surface area contributed by atoms with Crippen molar-refractivity contribution >= 4 is 76.1 Å². The molecule has 0 aliphatic carbocycles. The van der Waals surface area contributed by atoms with Crippen molar-refractivity contribution in [2.24, 2.45) is 28.3 Å². The summed E-state index contributed by atoms with van der Waals surface area (Å²) in [5.41, 5.74) is 12.4. The number of benzene rings is 1. The molecule has 4 amide bonds. The molecule has 52 heavy (non-hydrogen) atoms. The summed E-state index contributed by atoms with van der Waals surface area (Å²) in [7, 11) is -4.16. The highest BCUT2D eigenvalue weighted by Gasteiger charge is 2.39. The number of fused-ring (bicyclic) bond motifs is 1. The zero-order chi connectivity index (χ0) is 36.4. The Hall–Kier alpha value is -3.67. The Bertz CT molecular complexity index is 1560. The third kappa shape index (κ3) is 12.2. The van der Waals surface area contributed by atoms with Crippen LogP contribution in [0.15, 0.2) is 28.1 Å². The van der Waals surface area contributed by atoms with E-state index in [1.807, 2.05) is 13.0 Å². The van der Waals surface area contributed by atoms with Gasteiger partial charge in [-0.15, -0.1) is 29.9 Å². The zero-order valence-corrected chi connectivity index (χ0v) is 32.1. The highest BCUT2D eigenvalue weighted by molar-refractivity contribution is 7.89. The summed E-state index contributed by atoms with van der Waals surface area (Å²) >= 11 is 0. The van der Waals surface area contributed by atoms with Crippen molar-refractivity contribution < 1.29 is 37.2 Å². The first-order valence-corrected chi connectivity index (χ1v) is 18.8. The standard InChI is InChI=1S/C33H50N8O8S.2ClH/c1-21-14-17-40(25(19-21)31(45)36-15-5-3-4-11-29(44)49-41-27(42)12-13-28(41)43)32(46)24(9-7-16-37-33(34)35)39-50(47,48)26-10-6-8-23-18-22(2)20-38-30(23)26;;/h6,8,10,21-22,24-25,38-39H,3-5,7,9,11-20H2,1-2H3,(H,36,45)(H4,34,35,37);2*1H/t21-,22?,24+,25-;;/m1../s1. The van der Waals surface area contributed by atoms with E-state index in [0.29, 0.717) is 68.3 Å². The molecule has 0 radical (unpaired) electrons. The number of amides is 4. The number of piperidine rings is 1. The molecule has 3 aliphatic rings. The van der Waals surface area contributed by atoms with Crippen LogP contribution >= 0.6 is 24.8 Å². The largest absolute Gasteiger partial charge is 0.383 e. The molecule has 292 valence electrons. The number of hydrogen-bond donors (Lipinski definition) is 5. The van der Waals surface area contributed by atoms with Gasteiger partial charge in [0.2, 0.25) is 21.8 Å². The minimum absolute atomic E-state index is 0. The summed E-state index contributed by atoms with van der Waals surface area (Å²) in [6.07, 6.45) is 3.82. The number of guanidine groups is 1. The molecule has 2 saturated heterocycles. The second kappa shape index (κ2) is 20.5. The van der Waals surface area contributed by atoms with Crippen LogP contribution in [0.4, 0.5) is 5.69 Å². The maximum atomic E-state index is 14.2. The average molecular weight is 792 g/mol. The topological polar surface area (TPSA) is 236 Å². The quantitative estimate of drug-likeness (QED) is 0.0700. The number of unbranched alkanes of at least 4 members (excludes halogenated alkanes) is 2. The van der Waals surface area contributed by atoms with Gasteiger partial charge in [-0.2, -0.15) is 4.72 Å². The van der Waals surface area contributed by atoms with Gasteiger partial charge in [0, 0.05) is 45.4 Å². The molecule has 2 fully saturated rings. The number of rotatable bonds is 16. The van der Waals surface area contributed by atoms with Crippen LogP contribution in [0.25, 0.3) is 0 Å². The number of anilines is 1. The Morgan fingerprint density at radius 1 is 1.04 bits per heavy atom. The van der Waals surface area contributed by atoms with E-state index in [0.717, 1.165) is 12.0 Å². The van der Waals surface area contributed by atoms with Gasteiger partial charge in [-0.25, -0.2) is 13.2 Å². The number of para-hydroxylation sites is 1. The number of carbonyl (C=O) groups excluding carboxylic acids is 5. The monoisotopic (exact) mass is 790 g/mol. The van der Waals surface area contributed by atoms with Crippen LogP contribution in [0.5, 0.6) is 0 Å². The first-order valence-electron chi connectivity index (χ1n) is 17.3. The van der Waals surface area contributed by atoms with Crippen LogP contribution in [0.3, 0.4) is 0 Å². The van der Waals surface area contributed by atoms with Crippen molar-refractivity contribution in [1.29, 1.82) is 0 Å². The molecule has 3 aliphatic heterocycles. The average Bonchev–Trinajstić information content (AvgIpc) is 3.38. The fourth-order valence-corrected chi connectivity index (χ4v) is 7.89. The van der Waals surface area contributed by atoms with Crippen LogP contribution in [-0.2, 0) is 45.3 Å². The number of likely N-dealkylation sites (tertiary alicyclic amines) is 1. The normalized spacial score (nSPS) is 20.4. The van der Waals surface area contributed by atoms with Crippen molar-refractivity contribution in [3.63, 3.8) is 0 Å². The maximum absolute atomic E-state index is 14.2. The number of nitrogens with two attached hydrogens (primary N) is 2. The van der Waals surface area contributed by atoms with Crippen LogP contribution in [0, 0.1) is 11.8 Å². The van der Waals surface area contributed by atoms with Crippen LogP contribution in [0.1, 0.15) is 83.6 Å². The summed E-state index contributed by atoms with van der Waals surface area (Å²) in [6, 6.07) is 3.14. The predicted molar refractivity (Wildman–Crippen MR) is 199 cm³/mol. The molecule has 19 heteroatoms. The second-order valence-electron chi connectivity index (χ2n) is 13.4. The molecule has 0 aromatic heterocycles. The van der Waals surface area contributed by atoms with Gasteiger partial charge in [0.1, 0.15) is 17.0 Å². The Morgan fingerprint density at radius 2 is 1.75 bits per heavy atom. The molecule has 1 unspecified atom stereocenters. The molecule has 3 heterocycles. The van der Waals surface area contributed by atoms with Gasteiger partial charge < -0.3 is 31.8 Å². The second-order valence-corrected chi connectivity index (χ2v) is 15.1. The van der Waals surface area contributed by atoms with Crippen molar-refractivity contribution in [3.05, 3.63) is 23.8 Å². The van der Waals surface area contributed by atoms with E-state index in [2.05, 4.69) is 27.3 Å². The van der Waals surface area contributed by atoms with Crippen LogP contribution in [-0.4, -0.2) is 92.2 Å². The van der Waals surface area contributed by atoms with E-state index in [1.54, 1.807) is 6.07 Å². The molecule has 1 aromatic rings. The third-order valence-electron chi connectivity index (χ3n) is 9.14. The number of hydrogen-bond acceptors (Lipinski definition) is 10. The van der Waals surface area contributed by atoms with E-state index >= 15 is 0 Å². The van der Waals surface area contributed by atoms with E-state index in [9.17, 15) is 32.4 Å². The fourth-order valence-electron chi connectivity index (χ4n) is 6.44. The highest BCUT2D eigenvalue weighted by atomic mass is 35.5. The van der Waals surface area contributed by atoms with Gasteiger partial charge >= 0.3 is 5.97 Å². The summed E-state index contributed by atoms with van der Waals surface area (Å²) in [6.45, 7) is 5.49. The van der Waals surface area contributed by atoms with Gasteiger partial charge in [0.25, 0.3) is 11.8 Å². The molecule has 0 saturated carbocycles. The number of imide groups is 1. The van der Waals surface area contributed by atoms with Gasteiger partial charge in [-0.3, -0.25) is 24.2 Å². The van der Waals surface area contributed by atoms with Gasteiger partial charge in [0.05, 0.1) is 5.69 Å². The Balaban J connectivity index is 0.00000468. The smallest absolute Gasteiger partial charge is 0.333 e. The lowest BCUT2D eigenvalue weighted by Gasteiger charge is -2.39. The lowest BCUT2D eigenvalue weighted by Crippen LogP contribution is -2.58. The summed E-state index contributed by atoms with van der Waals surface area (Å²) in [5, 5.41) is 6.65. The zero-order valence-electron chi connectivity index (χ0n) is 29.6. The van der Waals surface area contributed by atoms with Crippen molar-refractivity contribution in [2.75, 3.05) is 31.5 Å². The molecular weight excluding hydrogens is 739 g/mol. The molecule has 0 spiro atoms. The van der Waals surface area contributed by atoms with E-state index < -0.39 is 45.8 Å². The first kappa shape index (κ1) is 44.5. The molecular formula is C33H52Cl2N8O8S. The fraction of sp³-hybridized carbons (Fsp3) is 0.636. The number of nitrogens with zero attached hydrogens (tertiary/aromatic N) is 3. The van der Waals surface area contributed by atoms with Crippen molar-refractivity contribution in [3.8, 4) is 0 Å². The molecule has 0 bridgehead atoms. The van der Waals surface area contributed by atoms with Gasteiger partial charge in [-0.05, 0) is 68.4 Å². The molecule has 7 N–H and O–H groups in total. The number of halogens is 2. The lowest BCUT2D eigenvalue weighted by molar-refractivity contribution is -0.197. The van der Waals surface area contributed by atoms with Crippen molar-refractivity contribution in [1.82, 2.24) is 20.0 Å². The van der Waals surface area contributed by atoms with Crippen LogP contribution < -0.4 is 26.8 Å². The van der Waals surface area contributed by atoms with E-state index in [-0.39, 0.29) is 86.3 Å². The molecule has 4 rings (SSSR count). The molecule has 16 nitrogen and oxygen atoms in total. The number of aliphatic imine (C=N–C) groups is 1. The highest BCUT2D eigenvalue weighted by Crippen LogP contribution is 2.32. The third-order valence-corrected chi connectivity index (χ3v) is 10.7. The van der Waals surface area contributed by atoms with Crippen molar-refractivity contribution in [2.45, 2.75) is 101 Å². The van der Waals surface area contributed by atoms with Gasteiger partial charge in [-0.1, -0.05) is 32.4 Å². The minimum Gasteiger partial charge on any atom is -0.383 e. The molecule has 4 atom stereocenters. The summed E-state index contributed by atoms with van der Waals surface area (Å²) in [5.74, 6) is -2.19. The number of sulfonamides is 1. The first-order chi connectivity index (χ1) is 23.8. The Kier molecular flexibility index (Phi) is 17.6. The summed E-state index contributed by atoms with van der Waals surface area (Å²) in [4.78, 5) is 73.3. The summed E-state index contributed by atoms with van der Waals surface area (Å²) < 4.78 is 30.3. The van der Waals surface area contributed by atoms with Gasteiger partial charge in [0.15, 0.2) is 5.96 Å². The van der Waals surface area contributed by atoms with E-state index in [4.69, 9.17) is 16.3 Å². The Labute approximate surface area is 317 Å².